The fourth-order valence-corrected chi connectivity index (χ4v) is 2.33. The van der Waals surface area contributed by atoms with E-state index in [4.69, 9.17) is 0 Å². The predicted octanol–water partition coefficient (Wildman–Crippen LogP) is 2.77. The summed E-state index contributed by atoms with van der Waals surface area (Å²) < 4.78 is 12.9. The molecular weight excluding hydrogens is 251 g/mol. The summed E-state index contributed by atoms with van der Waals surface area (Å²) in [5.74, 6) is -0.175. The molecule has 0 radical (unpaired) electrons. The maximum atomic E-state index is 12.9. The van der Waals surface area contributed by atoms with Crippen LogP contribution in [0.5, 0.6) is 0 Å². The molecule has 2 rings (SSSR count). The molecule has 1 atom stereocenters. The Morgan fingerprint density at radius 1 is 1.28 bits per heavy atom. The van der Waals surface area contributed by atoms with Crippen LogP contribution in [0.15, 0.2) is 36.9 Å². The first-order valence-electron chi connectivity index (χ1n) is 6.12. The van der Waals surface area contributed by atoms with Gasteiger partial charge >= 0.3 is 0 Å². The smallest absolute Gasteiger partial charge is 0.123 e. The summed E-state index contributed by atoms with van der Waals surface area (Å²) in [6, 6.07) is 7.16. The number of benzene rings is 1. The van der Waals surface area contributed by atoms with Crippen LogP contribution in [-0.4, -0.2) is 31.1 Å². The first-order valence-corrected chi connectivity index (χ1v) is 6.12. The minimum absolute atomic E-state index is 0. The number of hydrogen-bond donors (Lipinski definition) is 1. The van der Waals surface area contributed by atoms with E-state index >= 15 is 0 Å². The molecule has 0 bridgehead atoms. The third-order valence-corrected chi connectivity index (χ3v) is 3.24. The predicted molar refractivity (Wildman–Crippen MR) is 75.6 cm³/mol. The van der Waals surface area contributed by atoms with Crippen LogP contribution < -0.4 is 5.32 Å². The van der Waals surface area contributed by atoms with Crippen molar-refractivity contribution in [2.45, 2.75) is 12.5 Å². The van der Waals surface area contributed by atoms with Crippen LogP contribution in [0.1, 0.15) is 18.0 Å². The van der Waals surface area contributed by atoms with Crippen LogP contribution >= 0.6 is 12.4 Å². The molecule has 100 valence electrons. The molecule has 1 aromatic carbocycles. The molecule has 0 unspecified atom stereocenters. The largest absolute Gasteiger partial charge is 0.314 e. The highest BCUT2D eigenvalue weighted by atomic mass is 35.5. The van der Waals surface area contributed by atoms with Gasteiger partial charge in [0, 0.05) is 32.2 Å². The number of rotatable bonds is 4. The molecule has 0 aromatic heterocycles. The van der Waals surface area contributed by atoms with Crippen molar-refractivity contribution < 1.29 is 4.39 Å². The van der Waals surface area contributed by atoms with E-state index in [2.05, 4.69) is 16.8 Å². The lowest BCUT2D eigenvalue weighted by molar-refractivity contribution is 0.174. The van der Waals surface area contributed by atoms with Crippen molar-refractivity contribution in [1.29, 1.82) is 0 Å². The number of nitrogens with zero attached hydrogens (tertiary/aromatic N) is 1. The van der Waals surface area contributed by atoms with Gasteiger partial charge in [0.1, 0.15) is 5.82 Å². The Bertz CT molecular complexity index is 361. The Balaban J connectivity index is 0.00000162. The van der Waals surface area contributed by atoms with Crippen molar-refractivity contribution in [1.82, 2.24) is 10.2 Å². The van der Waals surface area contributed by atoms with Gasteiger partial charge in [0.25, 0.3) is 0 Å². The van der Waals surface area contributed by atoms with Gasteiger partial charge in [-0.15, -0.1) is 19.0 Å². The highest BCUT2D eigenvalue weighted by Crippen LogP contribution is 2.25. The van der Waals surface area contributed by atoms with Crippen LogP contribution in [0.25, 0.3) is 0 Å². The lowest BCUT2D eigenvalue weighted by atomic mass is 10.0. The molecule has 1 fully saturated rings. The zero-order valence-corrected chi connectivity index (χ0v) is 11.3. The second-order valence-corrected chi connectivity index (χ2v) is 4.38. The van der Waals surface area contributed by atoms with Crippen LogP contribution in [0.3, 0.4) is 0 Å². The zero-order chi connectivity index (χ0) is 12.1. The Hall–Kier alpha value is -0.900. The van der Waals surface area contributed by atoms with Crippen LogP contribution in [-0.2, 0) is 0 Å². The molecule has 0 amide bonds. The maximum Gasteiger partial charge on any atom is 0.123 e. The maximum absolute atomic E-state index is 12.9. The highest BCUT2D eigenvalue weighted by molar-refractivity contribution is 5.85. The first kappa shape index (κ1) is 15.2. The van der Waals surface area contributed by atoms with Crippen molar-refractivity contribution in [3.05, 3.63) is 48.3 Å². The molecule has 0 aliphatic carbocycles. The summed E-state index contributed by atoms with van der Waals surface area (Å²) in [7, 11) is 0. The molecule has 18 heavy (non-hydrogen) atoms. The molecule has 0 saturated carbocycles. The van der Waals surface area contributed by atoms with Gasteiger partial charge < -0.3 is 5.32 Å². The molecule has 1 saturated heterocycles. The van der Waals surface area contributed by atoms with Gasteiger partial charge in [-0.25, -0.2) is 4.39 Å². The van der Waals surface area contributed by atoms with Gasteiger partial charge in [-0.1, -0.05) is 18.2 Å². The summed E-state index contributed by atoms with van der Waals surface area (Å²) in [4.78, 5) is 2.44. The number of hydrogen-bond acceptors (Lipinski definition) is 2. The van der Waals surface area contributed by atoms with Gasteiger partial charge in [-0.3, -0.25) is 4.90 Å². The fraction of sp³-hybridized carbons (Fsp3) is 0.429. The topological polar surface area (TPSA) is 15.3 Å². The summed E-state index contributed by atoms with van der Waals surface area (Å²) in [6.07, 6.45) is 2.85. The van der Waals surface area contributed by atoms with Gasteiger partial charge in [0.2, 0.25) is 0 Å². The zero-order valence-electron chi connectivity index (χ0n) is 10.4. The average molecular weight is 271 g/mol. The van der Waals surface area contributed by atoms with Gasteiger partial charge in [0.05, 0.1) is 0 Å². The molecule has 2 nitrogen and oxygen atoms in total. The number of halogens is 2. The monoisotopic (exact) mass is 270 g/mol. The third kappa shape index (κ3) is 3.80. The minimum atomic E-state index is -0.175. The lowest BCUT2D eigenvalue weighted by Crippen LogP contribution is -2.45. The van der Waals surface area contributed by atoms with Crippen LogP contribution in [0, 0.1) is 5.82 Å². The van der Waals surface area contributed by atoms with Crippen molar-refractivity contribution in [3.8, 4) is 0 Å². The van der Waals surface area contributed by atoms with E-state index in [1.54, 1.807) is 0 Å². The molecule has 1 aliphatic rings. The Morgan fingerprint density at radius 2 is 1.89 bits per heavy atom. The van der Waals surface area contributed by atoms with Gasteiger partial charge in [-0.2, -0.15) is 0 Å². The lowest BCUT2D eigenvalue weighted by Gasteiger charge is -2.34. The molecule has 1 aromatic rings. The van der Waals surface area contributed by atoms with Crippen molar-refractivity contribution >= 4 is 12.4 Å². The molecule has 1 aliphatic heterocycles. The molecular formula is C14H20ClFN2. The van der Waals surface area contributed by atoms with E-state index in [0.29, 0.717) is 6.04 Å². The number of nitrogens with one attached hydrogen (secondary N) is 1. The van der Waals surface area contributed by atoms with Crippen LogP contribution in [0.4, 0.5) is 4.39 Å². The second kappa shape index (κ2) is 7.52. The average Bonchev–Trinajstić information content (AvgIpc) is 2.38. The van der Waals surface area contributed by atoms with Crippen molar-refractivity contribution in [3.63, 3.8) is 0 Å². The van der Waals surface area contributed by atoms with E-state index in [1.807, 2.05) is 18.2 Å². The van der Waals surface area contributed by atoms with E-state index in [1.165, 1.54) is 17.7 Å². The Labute approximate surface area is 114 Å². The summed E-state index contributed by atoms with van der Waals surface area (Å²) in [6.45, 7) is 7.94. The quantitative estimate of drug-likeness (QED) is 0.847. The standard InChI is InChI=1S/C14H19FN2.ClH/c1-2-3-14(17-10-8-16-9-11-17)12-4-6-13(15)7-5-12;/h2,4-7,14,16H,1,3,8-11H2;1H/t14-;/m1./s1. The van der Waals surface area contributed by atoms with Crippen LogP contribution in [0.2, 0.25) is 0 Å². The SMILES string of the molecule is C=CC[C@H](c1ccc(F)cc1)N1CCNCC1.Cl. The highest BCUT2D eigenvalue weighted by Gasteiger charge is 2.20. The minimum Gasteiger partial charge on any atom is -0.314 e. The third-order valence-electron chi connectivity index (χ3n) is 3.24. The van der Waals surface area contributed by atoms with E-state index in [-0.39, 0.29) is 18.2 Å². The molecule has 1 N–H and O–H groups in total. The second-order valence-electron chi connectivity index (χ2n) is 4.38. The van der Waals surface area contributed by atoms with Gasteiger partial charge in [0.15, 0.2) is 0 Å². The molecule has 0 spiro atoms. The summed E-state index contributed by atoms with van der Waals surface area (Å²) in [5, 5.41) is 3.34. The van der Waals surface area contributed by atoms with Crippen molar-refractivity contribution in [2.75, 3.05) is 26.2 Å². The Morgan fingerprint density at radius 3 is 2.44 bits per heavy atom. The molecule has 1 heterocycles. The molecule has 4 heteroatoms. The Kier molecular flexibility index (Phi) is 6.33. The first-order chi connectivity index (χ1) is 8.31. The fourth-order valence-electron chi connectivity index (χ4n) is 2.33. The summed E-state index contributed by atoms with van der Waals surface area (Å²) in [5.41, 5.74) is 1.17. The number of piperazine rings is 1. The van der Waals surface area contributed by atoms with E-state index in [9.17, 15) is 4.39 Å². The van der Waals surface area contributed by atoms with E-state index in [0.717, 1.165) is 32.6 Å². The van der Waals surface area contributed by atoms with Gasteiger partial charge in [-0.05, 0) is 24.1 Å². The van der Waals surface area contributed by atoms with E-state index < -0.39 is 0 Å². The normalized spacial score (nSPS) is 17.8. The van der Waals surface area contributed by atoms with Crippen molar-refractivity contribution in [2.24, 2.45) is 0 Å². The summed E-state index contributed by atoms with van der Waals surface area (Å²) >= 11 is 0.